The molecule has 0 aliphatic heterocycles. The molecule has 1 aromatic rings. The molecule has 0 aliphatic carbocycles. The summed E-state index contributed by atoms with van der Waals surface area (Å²) in [5.41, 5.74) is 3.21. The Bertz CT molecular complexity index is 291. The molecule has 0 fully saturated rings. The van der Waals surface area contributed by atoms with Crippen LogP contribution in [0.2, 0.25) is 0 Å². The molecular weight excluding hydrogens is 183 g/mol. The second-order valence-electron chi connectivity index (χ2n) is 3.29. The van der Waals surface area contributed by atoms with Crippen molar-refractivity contribution < 1.29 is 9.50 Å². The molecule has 3 nitrogen and oxygen atoms in total. The molecule has 0 amide bonds. The molecule has 0 bridgehead atoms. The summed E-state index contributed by atoms with van der Waals surface area (Å²) >= 11 is 0. The number of hydrogen-bond acceptors (Lipinski definition) is 3. The molecule has 4 heteroatoms. The van der Waals surface area contributed by atoms with Gasteiger partial charge in [-0.3, -0.25) is 10.4 Å². The van der Waals surface area contributed by atoms with Gasteiger partial charge in [0.15, 0.2) is 0 Å². The quantitative estimate of drug-likeness (QED) is 0.706. The van der Waals surface area contributed by atoms with Crippen molar-refractivity contribution in [2.45, 2.75) is 6.10 Å². The van der Waals surface area contributed by atoms with E-state index in [0.717, 1.165) is 0 Å². The second kappa shape index (κ2) is 5.05. The first kappa shape index (κ1) is 11.1. The van der Waals surface area contributed by atoms with E-state index < -0.39 is 6.10 Å². The minimum absolute atomic E-state index is 0.300. The van der Waals surface area contributed by atoms with Gasteiger partial charge in [0, 0.05) is 26.2 Å². The third-order valence-corrected chi connectivity index (χ3v) is 1.87. The lowest BCUT2D eigenvalue weighted by atomic mass is 10.1. The standard InChI is InChI=1S/C10H15FN2O/c1-13(2)12-7-10(14)8-5-3-4-6-9(8)11/h3-6,10,12,14H,7H2,1-2H3. The normalized spacial score (nSPS) is 13.2. The van der Waals surface area contributed by atoms with Crippen molar-refractivity contribution in [1.82, 2.24) is 10.4 Å². The molecule has 0 radical (unpaired) electrons. The molecule has 0 aromatic heterocycles. The summed E-state index contributed by atoms with van der Waals surface area (Å²) in [6, 6.07) is 6.23. The average Bonchev–Trinajstić information content (AvgIpc) is 2.15. The Morgan fingerprint density at radius 1 is 1.43 bits per heavy atom. The third kappa shape index (κ3) is 3.06. The number of benzene rings is 1. The van der Waals surface area contributed by atoms with Crippen LogP contribution in [0, 0.1) is 5.82 Å². The highest BCUT2D eigenvalue weighted by atomic mass is 19.1. The van der Waals surface area contributed by atoms with E-state index in [2.05, 4.69) is 5.43 Å². The van der Waals surface area contributed by atoms with Crippen molar-refractivity contribution in [2.75, 3.05) is 20.6 Å². The maximum absolute atomic E-state index is 13.2. The maximum Gasteiger partial charge on any atom is 0.129 e. The van der Waals surface area contributed by atoms with Crippen LogP contribution in [0.5, 0.6) is 0 Å². The summed E-state index contributed by atoms with van der Waals surface area (Å²) in [6.45, 7) is 0.300. The molecule has 0 aliphatic rings. The van der Waals surface area contributed by atoms with Crippen molar-refractivity contribution in [2.24, 2.45) is 0 Å². The summed E-state index contributed by atoms with van der Waals surface area (Å²) in [6.07, 6.45) is -0.821. The lowest BCUT2D eigenvalue weighted by Gasteiger charge is -2.16. The molecule has 1 aromatic carbocycles. The molecule has 78 valence electrons. The summed E-state index contributed by atoms with van der Waals surface area (Å²) in [5.74, 6) is -0.374. The zero-order chi connectivity index (χ0) is 10.6. The predicted molar refractivity (Wildman–Crippen MR) is 53.0 cm³/mol. The number of nitrogens with zero attached hydrogens (tertiary/aromatic N) is 1. The van der Waals surface area contributed by atoms with E-state index in [0.29, 0.717) is 12.1 Å². The highest BCUT2D eigenvalue weighted by Crippen LogP contribution is 2.15. The fourth-order valence-corrected chi connectivity index (χ4v) is 1.12. The molecule has 14 heavy (non-hydrogen) atoms. The van der Waals surface area contributed by atoms with Crippen molar-refractivity contribution >= 4 is 0 Å². The minimum atomic E-state index is -0.821. The van der Waals surface area contributed by atoms with Crippen LogP contribution >= 0.6 is 0 Å². The Balaban J connectivity index is 2.60. The first-order chi connectivity index (χ1) is 6.61. The summed E-state index contributed by atoms with van der Waals surface area (Å²) in [5, 5.41) is 11.3. The maximum atomic E-state index is 13.2. The topological polar surface area (TPSA) is 35.5 Å². The van der Waals surface area contributed by atoms with Gasteiger partial charge in [0.25, 0.3) is 0 Å². The molecular formula is C10H15FN2O. The Morgan fingerprint density at radius 2 is 2.07 bits per heavy atom. The predicted octanol–water partition coefficient (Wildman–Crippen LogP) is 0.925. The second-order valence-corrected chi connectivity index (χ2v) is 3.29. The minimum Gasteiger partial charge on any atom is -0.387 e. The van der Waals surface area contributed by atoms with E-state index in [1.165, 1.54) is 6.07 Å². The zero-order valence-electron chi connectivity index (χ0n) is 8.37. The fourth-order valence-electron chi connectivity index (χ4n) is 1.12. The molecule has 0 spiro atoms. The number of aliphatic hydroxyl groups is 1. The van der Waals surface area contributed by atoms with Gasteiger partial charge < -0.3 is 5.11 Å². The van der Waals surface area contributed by atoms with Crippen LogP contribution in [-0.4, -0.2) is 30.8 Å². The highest BCUT2D eigenvalue weighted by Gasteiger charge is 2.11. The van der Waals surface area contributed by atoms with E-state index in [1.54, 1.807) is 23.2 Å². The van der Waals surface area contributed by atoms with Crippen molar-refractivity contribution in [3.8, 4) is 0 Å². The van der Waals surface area contributed by atoms with Crippen LogP contribution in [0.15, 0.2) is 24.3 Å². The fraction of sp³-hybridized carbons (Fsp3) is 0.400. The Morgan fingerprint density at radius 3 is 2.64 bits per heavy atom. The van der Waals surface area contributed by atoms with Crippen LogP contribution in [0.4, 0.5) is 4.39 Å². The molecule has 1 unspecified atom stereocenters. The lowest BCUT2D eigenvalue weighted by Crippen LogP contribution is -2.34. The molecule has 0 saturated heterocycles. The number of hydrogen-bond donors (Lipinski definition) is 2. The van der Waals surface area contributed by atoms with E-state index in [1.807, 2.05) is 14.1 Å². The molecule has 0 heterocycles. The van der Waals surface area contributed by atoms with Crippen LogP contribution in [0.3, 0.4) is 0 Å². The Labute approximate surface area is 83.1 Å². The Kier molecular flexibility index (Phi) is 4.00. The van der Waals surface area contributed by atoms with Gasteiger partial charge in [-0.1, -0.05) is 18.2 Å². The van der Waals surface area contributed by atoms with Crippen molar-refractivity contribution in [1.29, 1.82) is 0 Å². The van der Waals surface area contributed by atoms with Crippen molar-refractivity contribution in [3.05, 3.63) is 35.6 Å². The highest BCUT2D eigenvalue weighted by molar-refractivity contribution is 5.19. The van der Waals surface area contributed by atoms with Crippen molar-refractivity contribution in [3.63, 3.8) is 0 Å². The largest absolute Gasteiger partial charge is 0.387 e. The lowest BCUT2D eigenvalue weighted by molar-refractivity contribution is 0.138. The van der Waals surface area contributed by atoms with Crippen LogP contribution in [0.25, 0.3) is 0 Å². The van der Waals surface area contributed by atoms with Crippen LogP contribution < -0.4 is 5.43 Å². The van der Waals surface area contributed by atoms with E-state index in [4.69, 9.17) is 0 Å². The van der Waals surface area contributed by atoms with Gasteiger partial charge in [0.1, 0.15) is 5.82 Å². The number of hydrazine groups is 1. The van der Waals surface area contributed by atoms with Gasteiger partial charge in [0.2, 0.25) is 0 Å². The van der Waals surface area contributed by atoms with Gasteiger partial charge in [0.05, 0.1) is 6.10 Å². The summed E-state index contributed by atoms with van der Waals surface area (Å²) < 4.78 is 13.2. The summed E-state index contributed by atoms with van der Waals surface area (Å²) in [7, 11) is 3.63. The smallest absolute Gasteiger partial charge is 0.129 e. The number of aliphatic hydroxyl groups excluding tert-OH is 1. The SMILES string of the molecule is CN(C)NCC(O)c1ccccc1F. The first-order valence-corrected chi connectivity index (χ1v) is 4.44. The number of rotatable bonds is 4. The number of nitrogens with one attached hydrogen (secondary N) is 1. The van der Waals surface area contributed by atoms with E-state index in [9.17, 15) is 9.50 Å². The van der Waals surface area contributed by atoms with Crippen LogP contribution in [-0.2, 0) is 0 Å². The average molecular weight is 198 g/mol. The Hall–Kier alpha value is -0.970. The van der Waals surface area contributed by atoms with Crippen LogP contribution in [0.1, 0.15) is 11.7 Å². The van der Waals surface area contributed by atoms with Gasteiger partial charge in [-0.05, 0) is 6.07 Å². The van der Waals surface area contributed by atoms with Gasteiger partial charge >= 0.3 is 0 Å². The third-order valence-electron chi connectivity index (χ3n) is 1.87. The first-order valence-electron chi connectivity index (χ1n) is 4.44. The van der Waals surface area contributed by atoms with E-state index >= 15 is 0 Å². The molecule has 0 saturated carbocycles. The summed E-state index contributed by atoms with van der Waals surface area (Å²) in [4.78, 5) is 0. The molecule has 1 atom stereocenters. The molecule has 2 N–H and O–H groups in total. The van der Waals surface area contributed by atoms with Gasteiger partial charge in [-0.2, -0.15) is 0 Å². The molecule has 1 rings (SSSR count). The monoisotopic (exact) mass is 198 g/mol. The van der Waals surface area contributed by atoms with E-state index in [-0.39, 0.29) is 5.82 Å². The van der Waals surface area contributed by atoms with Gasteiger partial charge in [-0.25, -0.2) is 4.39 Å². The number of halogens is 1. The van der Waals surface area contributed by atoms with Gasteiger partial charge in [-0.15, -0.1) is 0 Å². The zero-order valence-corrected chi connectivity index (χ0v) is 8.37.